The molecule has 116 valence electrons. The van der Waals surface area contributed by atoms with E-state index in [0.717, 1.165) is 49.5 Å². The predicted octanol–water partition coefficient (Wildman–Crippen LogP) is 2.32. The van der Waals surface area contributed by atoms with Crippen LogP contribution in [0.1, 0.15) is 16.8 Å². The summed E-state index contributed by atoms with van der Waals surface area (Å²) in [6.07, 6.45) is -0.560. The fourth-order valence-electron chi connectivity index (χ4n) is 2.34. The van der Waals surface area contributed by atoms with Gasteiger partial charge in [-0.3, -0.25) is 0 Å². The van der Waals surface area contributed by atoms with Gasteiger partial charge < -0.3 is 10.6 Å². The van der Waals surface area contributed by atoms with Gasteiger partial charge in [-0.2, -0.15) is 13.2 Å². The van der Waals surface area contributed by atoms with E-state index in [0.29, 0.717) is 11.6 Å². The Labute approximate surface area is 125 Å². The number of nitrogens with one attached hydrogen (secondary N) is 2. The van der Waals surface area contributed by atoms with Gasteiger partial charge in [-0.05, 0) is 25.1 Å². The zero-order valence-electron chi connectivity index (χ0n) is 11.6. The van der Waals surface area contributed by atoms with Gasteiger partial charge in [0.15, 0.2) is 0 Å². The summed E-state index contributed by atoms with van der Waals surface area (Å²) in [5.74, 6) is 0.923. The maximum Gasteiger partial charge on any atom is 0.417 e. The van der Waals surface area contributed by atoms with Crippen LogP contribution in [0.25, 0.3) is 0 Å². The van der Waals surface area contributed by atoms with Crippen LogP contribution in [-0.4, -0.2) is 28.0 Å². The minimum Gasteiger partial charge on any atom is -0.325 e. The molecule has 0 spiro atoms. The monoisotopic (exact) mass is 309 g/mol. The van der Waals surface area contributed by atoms with Crippen molar-refractivity contribution in [3.63, 3.8) is 0 Å². The van der Waals surface area contributed by atoms with Crippen molar-refractivity contribution in [1.82, 2.24) is 20.3 Å². The number of aromatic nitrogens is 3. The number of anilines is 2. The van der Waals surface area contributed by atoms with Gasteiger partial charge in [0, 0.05) is 24.7 Å². The molecule has 0 saturated carbocycles. The van der Waals surface area contributed by atoms with E-state index in [4.69, 9.17) is 0 Å². The third-order valence-corrected chi connectivity index (χ3v) is 3.46. The van der Waals surface area contributed by atoms with Crippen molar-refractivity contribution in [2.45, 2.75) is 19.0 Å². The van der Waals surface area contributed by atoms with Crippen LogP contribution in [0, 0.1) is 0 Å². The first-order valence-electron chi connectivity index (χ1n) is 6.88. The highest BCUT2D eigenvalue weighted by molar-refractivity contribution is 5.57. The van der Waals surface area contributed by atoms with Gasteiger partial charge in [0.2, 0.25) is 0 Å². The molecule has 2 N–H and O–H groups in total. The highest BCUT2D eigenvalue weighted by Crippen LogP contribution is 2.29. The summed E-state index contributed by atoms with van der Waals surface area (Å²) in [7, 11) is 0. The molecule has 5 nitrogen and oxygen atoms in total. The Morgan fingerprint density at radius 1 is 1.05 bits per heavy atom. The van der Waals surface area contributed by atoms with Crippen molar-refractivity contribution >= 4 is 11.6 Å². The molecule has 0 amide bonds. The Morgan fingerprint density at radius 3 is 2.59 bits per heavy atom. The van der Waals surface area contributed by atoms with Crippen molar-refractivity contribution in [3.05, 3.63) is 41.5 Å². The van der Waals surface area contributed by atoms with Crippen LogP contribution in [0.15, 0.2) is 24.7 Å². The van der Waals surface area contributed by atoms with E-state index in [-0.39, 0.29) is 0 Å². The molecule has 0 atom stereocenters. The molecule has 3 rings (SSSR count). The Bertz CT molecular complexity index is 655. The van der Waals surface area contributed by atoms with Crippen molar-refractivity contribution in [2.75, 3.05) is 18.4 Å². The molecule has 0 aliphatic carbocycles. The largest absolute Gasteiger partial charge is 0.417 e. The number of halogens is 3. The smallest absolute Gasteiger partial charge is 0.325 e. The summed E-state index contributed by atoms with van der Waals surface area (Å²) in [4.78, 5) is 12.3. The molecule has 0 unspecified atom stereocenters. The average Bonchev–Trinajstić information content (AvgIpc) is 2.73. The van der Waals surface area contributed by atoms with Crippen molar-refractivity contribution < 1.29 is 13.2 Å². The molecule has 2 aromatic heterocycles. The summed E-state index contributed by atoms with van der Waals surface area (Å²) in [6.45, 7) is 1.66. The van der Waals surface area contributed by atoms with Crippen LogP contribution in [0.3, 0.4) is 0 Å². The van der Waals surface area contributed by atoms with Gasteiger partial charge >= 0.3 is 6.18 Å². The van der Waals surface area contributed by atoms with E-state index in [1.165, 1.54) is 12.4 Å². The quantitative estimate of drug-likeness (QED) is 0.891. The predicted molar refractivity (Wildman–Crippen MR) is 74.8 cm³/mol. The molecule has 22 heavy (non-hydrogen) atoms. The summed E-state index contributed by atoms with van der Waals surface area (Å²) in [5.41, 5.74) is 1.16. The lowest BCUT2D eigenvalue weighted by Crippen LogP contribution is -2.16. The fraction of sp³-hybridized carbons (Fsp3) is 0.357. The third-order valence-electron chi connectivity index (χ3n) is 3.46. The number of rotatable bonds is 2. The summed E-state index contributed by atoms with van der Waals surface area (Å²) >= 11 is 0. The van der Waals surface area contributed by atoms with Crippen molar-refractivity contribution in [2.24, 2.45) is 0 Å². The van der Waals surface area contributed by atoms with Crippen LogP contribution in [-0.2, 0) is 19.0 Å². The lowest BCUT2D eigenvalue weighted by molar-refractivity contribution is -0.137. The minimum atomic E-state index is -4.39. The van der Waals surface area contributed by atoms with Gasteiger partial charge in [0.25, 0.3) is 0 Å². The molecular formula is C14H14F3N5. The van der Waals surface area contributed by atoms with Crippen LogP contribution in [0.4, 0.5) is 24.8 Å². The van der Waals surface area contributed by atoms with Gasteiger partial charge in [-0.25, -0.2) is 15.0 Å². The number of hydrogen-bond donors (Lipinski definition) is 2. The van der Waals surface area contributed by atoms with E-state index in [2.05, 4.69) is 25.6 Å². The second-order valence-electron chi connectivity index (χ2n) is 4.95. The van der Waals surface area contributed by atoms with Crippen molar-refractivity contribution in [1.29, 1.82) is 0 Å². The molecule has 2 aromatic rings. The number of alkyl halides is 3. The SMILES string of the molecule is FC(F)(F)c1ccc(Nc2ncnc3c2CCNCC3)nc1. The minimum absolute atomic E-state index is 0.325. The van der Waals surface area contributed by atoms with Gasteiger partial charge in [-0.1, -0.05) is 0 Å². The highest BCUT2D eigenvalue weighted by Gasteiger charge is 2.30. The molecule has 8 heteroatoms. The molecule has 1 aliphatic heterocycles. The standard InChI is InChI=1S/C14H14F3N5/c15-14(16,17)9-1-2-12(19-7-9)22-13-10-3-5-18-6-4-11(10)20-8-21-13/h1-2,7-8,18H,3-6H2,(H,19,20,21,22). The highest BCUT2D eigenvalue weighted by atomic mass is 19.4. The first kappa shape index (κ1) is 14.7. The van der Waals surface area contributed by atoms with Gasteiger partial charge in [-0.15, -0.1) is 0 Å². The topological polar surface area (TPSA) is 62.7 Å². The first-order chi connectivity index (χ1) is 10.5. The van der Waals surface area contributed by atoms with E-state index in [9.17, 15) is 13.2 Å². The Kier molecular flexibility index (Phi) is 3.93. The molecule has 0 fully saturated rings. The van der Waals surface area contributed by atoms with Crippen LogP contribution >= 0.6 is 0 Å². The zero-order chi connectivity index (χ0) is 15.6. The number of fused-ring (bicyclic) bond motifs is 1. The second-order valence-corrected chi connectivity index (χ2v) is 4.95. The molecule has 1 aliphatic rings. The van der Waals surface area contributed by atoms with Crippen molar-refractivity contribution in [3.8, 4) is 0 Å². The maximum absolute atomic E-state index is 12.5. The first-order valence-corrected chi connectivity index (χ1v) is 6.88. The molecular weight excluding hydrogens is 295 g/mol. The zero-order valence-corrected chi connectivity index (χ0v) is 11.6. The molecule has 3 heterocycles. The normalized spacial score (nSPS) is 15.0. The maximum atomic E-state index is 12.5. The number of nitrogens with zero attached hydrogens (tertiary/aromatic N) is 3. The second kappa shape index (κ2) is 5.88. The summed E-state index contributed by atoms with van der Waals surface area (Å²) in [6, 6.07) is 2.29. The van der Waals surface area contributed by atoms with E-state index in [1.54, 1.807) is 0 Å². The molecule has 0 saturated heterocycles. The van der Waals surface area contributed by atoms with Crippen LogP contribution < -0.4 is 10.6 Å². The summed E-state index contributed by atoms with van der Waals surface area (Å²) < 4.78 is 37.6. The number of pyridine rings is 1. The lowest BCUT2D eigenvalue weighted by Gasteiger charge is -2.12. The Hall–Kier alpha value is -2.22. The third kappa shape index (κ3) is 3.16. The summed E-state index contributed by atoms with van der Waals surface area (Å²) in [5, 5.41) is 6.25. The average molecular weight is 309 g/mol. The van der Waals surface area contributed by atoms with Gasteiger partial charge in [0.1, 0.15) is 18.0 Å². The van der Waals surface area contributed by atoms with E-state index >= 15 is 0 Å². The lowest BCUT2D eigenvalue weighted by atomic mass is 10.1. The van der Waals surface area contributed by atoms with E-state index < -0.39 is 11.7 Å². The molecule has 0 aromatic carbocycles. The van der Waals surface area contributed by atoms with Crippen LogP contribution in [0.2, 0.25) is 0 Å². The van der Waals surface area contributed by atoms with Crippen LogP contribution in [0.5, 0.6) is 0 Å². The Morgan fingerprint density at radius 2 is 1.86 bits per heavy atom. The number of hydrogen-bond acceptors (Lipinski definition) is 5. The molecule has 0 radical (unpaired) electrons. The molecule has 0 bridgehead atoms. The van der Waals surface area contributed by atoms with Gasteiger partial charge in [0.05, 0.1) is 11.3 Å². The Balaban J connectivity index is 1.84. The van der Waals surface area contributed by atoms with E-state index in [1.807, 2.05) is 0 Å². The fourth-order valence-corrected chi connectivity index (χ4v) is 2.34.